The van der Waals surface area contributed by atoms with Gasteiger partial charge in [-0.2, -0.15) is 0 Å². The minimum Gasteiger partial charge on any atom is -0.458 e. The second-order valence-corrected chi connectivity index (χ2v) is 4.74. The Labute approximate surface area is 112 Å². The number of aromatic nitrogens is 3. The number of halogens is 1. The van der Waals surface area contributed by atoms with Crippen LogP contribution in [0.1, 0.15) is 5.56 Å². The summed E-state index contributed by atoms with van der Waals surface area (Å²) in [5, 5.41) is 8.03. The fraction of sp³-hybridized carbons (Fsp3) is 0.0769. The first kappa shape index (κ1) is 11.2. The third-order valence-corrected chi connectivity index (χ3v) is 3.09. The van der Waals surface area contributed by atoms with E-state index in [1.807, 2.05) is 53.1 Å². The van der Waals surface area contributed by atoms with Crippen molar-refractivity contribution < 1.29 is 4.74 Å². The van der Waals surface area contributed by atoms with E-state index in [4.69, 9.17) is 4.74 Å². The highest BCUT2D eigenvalue weighted by Crippen LogP contribution is 2.14. The van der Waals surface area contributed by atoms with Gasteiger partial charge in [0.15, 0.2) is 5.65 Å². The topological polar surface area (TPSA) is 39.4 Å². The zero-order valence-corrected chi connectivity index (χ0v) is 11.0. The van der Waals surface area contributed by atoms with Crippen LogP contribution in [0.3, 0.4) is 0 Å². The molecule has 90 valence electrons. The summed E-state index contributed by atoms with van der Waals surface area (Å²) < 4.78 is 8.53. The van der Waals surface area contributed by atoms with Gasteiger partial charge in [0.2, 0.25) is 0 Å². The number of pyridine rings is 1. The van der Waals surface area contributed by atoms with E-state index in [1.54, 1.807) is 0 Å². The van der Waals surface area contributed by atoms with Crippen molar-refractivity contribution in [3.8, 4) is 6.01 Å². The van der Waals surface area contributed by atoms with Gasteiger partial charge in [0, 0.05) is 10.7 Å². The molecule has 0 aliphatic heterocycles. The molecular formula is C13H10BrN3O. The van der Waals surface area contributed by atoms with Gasteiger partial charge >= 0.3 is 6.01 Å². The Morgan fingerprint density at radius 1 is 1.06 bits per heavy atom. The van der Waals surface area contributed by atoms with Gasteiger partial charge in [0.1, 0.15) is 6.61 Å². The molecule has 0 atom stereocenters. The lowest BCUT2D eigenvalue weighted by molar-refractivity contribution is 0.277. The van der Waals surface area contributed by atoms with E-state index in [1.165, 1.54) is 0 Å². The molecule has 0 amide bonds. The maximum Gasteiger partial charge on any atom is 0.321 e. The molecule has 18 heavy (non-hydrogen) atoms. The van der Waals surface area contributed by atoms with Crippen LogP contribution < -0.4 is 4.74 Å². The second kappa shape index (κ2) is 4.78. The average molecular weight is 304 g/mol. The van der Waals surface area contributed by atoms with Gasteiger partial charge in [-0.3, -0.25) is 4.40 Å². The highest BCUT2D eigenvalue weighted by molar-refractivity contribution is 9.10. The largest absolute Gasteiger partial charge is 0.458 e. The molecule has 0 fully saturated rings. The minimum atomic E-state index is 0.475. The third-order valence-electron chi connectivity index (χ3n) is 2.56. The summed E-state index contributed by atoms with van der Waals surface area (Å²) in [6.07, 6.45) is 1.88. The van der Waals surface area contributed by atoms with Crippen molar-refractivity contribution in [2.45, 2.75) is 6.61 Å². The summed E-state index contributed by atoms with van der Waals surface area (Å²) in [5.74, 6) is 0. The molecule has 3 rings (SSSR count). The maximum absolute atomic E-state index is 5.66. The first-order chi connectivity index (χ1) is 8.83. The lowest BCUT2D eigenvalue weighted by Gasteiger charge is -2.04. The average Bonchev–Trinajstić information content (AvgIpc) is 2.82. The molecule has 1 aromatic carbocycles. The van der Waals surface area contributed by atoms with Crippen LogP contribution in [0.25, 0.3) is 5.65 Å². The molecule has 3 aromatic rings. The summed E-state index contributed by atoms with van der Waals surface area (Å²) in [5.41, 5.74) is 1.87. The Morgan fingerprint density at radius 2 is 1.89 bits per heavy atom. The summed E-state index contributed by atoms with van der Waals surface area (Å²) in [6, 6.07) is 14.2. The van der Waals surface area contributed by atoms with Gasteiger partial charge in [0.25, 0.3) is 0 Å². The van der Waals surface area contributed by atoms with Crippen LogP contribution in [0.15, 0.2) is 53.1 Å². The molecule has 0 saturated heterocycles. The molecule has 0 N–H and O–H groups in total. The number of fused-ring (bicyclic) bond motifs is 1. The highest BCUT2D eigenvalue weighted by Gasteiger charge is 2.05. The molecule has 0 bridgehead atoms. The summed E-state index contributed by atoms with van der Waals surface area (Å²) in [6.45, 7) is 0.475. The van der Waals surface area contributed by atoms with Gasteiger partial charge < -0.3 is 4.74 Å². The van der Waals surface area contributed by atoms with E-state index < -0.39 is 0 Å². The van der Waals surface area contributed by atoms with Crippen LogP contribution in [0.2, 0.25) is 0 Å². The number of rotatable bonds is 3. The number of benzene rings is 1. The van der Waals surface area contributed by atoms with Crippen LogP contribution in [0, 0.1) is 0 Å². The number of ether oxygens (including phenoxy) is 1. The fourth-order valence-electron chi connectivity index (χ4n) is 1.65. The molecule has 0 unspecified atom stereocenters. The maximum atomic E-state index is 5.66. The van der Waals surface area contributed by atoms with Crippen molar-refractivity contribution in [3.63, 3.8) is 0 Å². The Morgan fingerprint density at radius 3 is 2.72 bits per heavy atom. The molecule has 0 aliphatic rings. The van der Waals surface area contributed by atoms with Crippen molar-refractivity contribution in [3.05, 3.63) is 58.7 Å². The first-order valence-electron chi connectivity index (χ1n) is 5.50. The van der Waals surface area contributed by atoms with E-state index in [0.29, 0.717) is 12.6 Å². The van der Waals surface area contributed by atoms with Crippen LogP contribution in [0.4, 0.5) is 0 Å². The van der Waals surface area contributed by atoms with E-state index in [9.17, 15) is 0 Å². The van der Waals surface area contributed by atoms with Crippen LogP contribution in [-0.4, -0.2) is 14.6 Å². The fourth-order valence-corrected chi connectivity index (χ4v) is 1.91. The molecule has 0 spiro atoms. The normalized spacial score (nSPS) is 10.7. The molecule has 4 nitrogen and oxygen atoms in total. The number of hydrogen-bond acceptors (Lipinski definition) is 3. The Bertz CT molecular complexity index is 663. The van der Waals surface area contributed by atoms with Crippen molar-refractivity contribution >= 4 is 21.6 Å². The molecule has 0 radical (unpaired) electrons. The summed E-state index contributed by atoms with van der Waals surface area (Å²) in [7, 11) is 0. The van der Waals surface area contributed by atoms with Crippen LogP contribution in [0.5, 0.6) is 6.01 Å². The van der Waals surface area contributed by atoms with Gasteiger partial charge in [-0.25, -0.2) is 0 Å². The zero-order chi connectivity index (χ0) is 12.4. The lowest BCUT2D eigenvalue weighted by Crippen LogP contribution is -1.99. The van der Waals surface area contributed by atoms with Gasteiger partial charge in [0.05, 0.1) is 0 Å². The van der Waals surface area contributed by atoms with Crippen LogP contribution >= 0.6 is 15.9 Å². The predicted octanol–water partition coefficient (Wildman–Crippen LogP) is 3.07. The number of nitrogens with zero attached hydrogens (tertiary/aromatic N) is 3. The van der Waals surface area contributed by atoms with Crippen molar-refractivity contribution in [1.82, 2.24) is 14.6 Å². The second-order valence-electron chi connectivity index (χ2n) is 3.83. The smallest absolute Gasteiger partial charge is 0.321 e. The molecule has 5 heteroatoms. The van der Waals surface area contributed by atoms with E-state index >= 15 is 0 Å². The van der Waals surface area contributed by atoms with Gasteiger partial charge in [-0.05, 0) is 29.8 Å². The van der Waals surface area contributed by atoms with Crippen molar-refractivity contribution in [2.24, 2.45) is 0 Å². The SMILES string of the molecule is Brc1ccc(COc2nnc3ccccn23)cc1. The lowest BCUT2D eigenvalue weighted by atomic mass is 10.2. The predicted molar refractivity (Wildman–Crippen MR) is 71.5 cm³/mol. The van der Waals surface area contributed by atoms with Gasteiger partial charge in [-0.1, -0.05) is 39.2 Å². The van der Waals surface area contributed by atoms with E-state index in [-0.39, 0.29) is 0 Å². The summed E-state index contributed by atoms with van der Waals surface area (Å²) in [4.78, 5) is 0. The molecular weight excluding hydrogens is 294 g/mol. The molecule has 0 aliphatic carbocycles. The van der Waals surface area contributed by atoms with Crippen molar-refractivity contribution in [1.29, 1.82) is 0 Å². The Balaban J connectivity index is 1.79. The van der Waals surface area contributed by atoms with E-state index in [0.717, 1.165) is 15.7 Å². The Kier molecular flexibility index (Phi) is 2.98. The zero-order valence-electron chi connectivity index (χ0n) is 9.45. The Hall–Kier alpha value is -1.88. The quantitative estimate of drug-likeness (QED) is 0.746. The highest BCUT2D eigenvalue weighted by atomic mass is 79.9. The minimum absolute atomic E-state index is 0.475. The first-order valence-corrected chi connectivity index (χ1v) is 6.29. The standard InChI is InChI=1S/C13H10BrN3O/c14-11-6-4-10(5-7-11)9-18-13-16-15-12-3-1-2-8-17(12)13/h1-8H,9H2. The third kappa shape index (κ3) is 2.22. The van der Waals surface area contributed by atoms with Gasteiger partial charge in [-0.15, -0.1) is 5.10 Å². The van der Waals surface area contributed by atoms with Crippen molar-refractivity contribution in [2.75, 3.05) is 0 Å². The monoisotopic (exact) mass is 303 g/mol. The molecule has 2 aromatic heterocycles. The van der Waals surface area contributed by atoms with E-state index in [2.05, 4.69) is 26.1 Å². The number of hydrogen-bond donors (Lipinski definition) is 0. The molecule has 0 saturated carbocycles. The van der Waals surface area contributed by atoms with Crippen LogP contribution in [-0.2, 0) is 6.61 Å². The summed E-state index contributed by atoms with van der Waals surface area (Å²) >= 11 is 3.40. The molecule has 2 heterocycles.